The third-order valence-electron chi connectivity index (χ3n) is 7.46. The van der Waals surface area contributed by atoms with Gasteiger partial charge < -0.3 is 9.47 Å². The highest BCUT2D eigenvalue weighted by Gasteiger charge is 2.81. The molecule has 2 bridgehead atoms. The summed E-state index contributed by atoms with van der Waals surface area (Å²) in [5, 5.41) is 9.04. The zero-order valence-electron chi connectivity index (χ0n) is 15.5. The summed E-state index contributed by atoms with van der Waals surface area (Å²) < 4.78 is 52.7. The predicted molar refractivity (Wildman–Crippen MR) is 91.1 cm³/mol. The van der Waals surface area contributed by atoms with E-state index in [1.807, 2.05) is 13.8 Å². The molecule has 5 rings (SSSR count). The van der Waals surface area contributed by atoms with Crippen molar-refractivity contribution < 1.29 is 27.4 Å². The lowest BCUT2D eigenvalue weighted by molar-refractivity contribution is -0.142. The molecule has 4 saturated heterocycles. The number of alkyl halides is 3. The monoisotopic (exact) mass is 392 g/mol. The van der Waals surface area contributed by atoms with Crippen molar-refractivity contribution in [1.29, 1.82) is 5.26 Å². The Balaban J connectivity index is 1.66. The third-order valence-corrected chi connectivity index (χ3v) is 7.46. The topological polar surface area (TPSA) is 62.6 Å². The van der Waals surface area contributed by atoms with E-state index in [1.165, 1.54) is 11.0 Å². The Morgan fingerprint density at radius 3 is 2.68 bits per heavy atom. The Morgan fingerprint density at radius 2 is 2.00 bits per heavy atom. The maximum atomic E-state index is 13.6. The van der Waals surface area contributed by atoms with Crippen molar-refractivity contribution in [3.05, 3.63) is 29.3 Å². The lowest BCUT2D eigenvalue weighted by Gasteiger charge is -2.43. The molecule has 4 aliphatic heterocycles. The normalized spacial score (nSPS) is 41.3. The molecule has 0 aromatic heterocycles. The average Bonchev–Trinajstić information content (AvgIpc) is 3.17. The summed E-state index contributed by atoms with van der Waals surface area (Å²) in [4.78, 5) is 14.9. The van der Waals surface area contributed by atoms with Crippen LogP contribution in [0, 0.1) is 22.7 Å². The van der Waals surface area contributed by atoms with Crippen molar-refractivity contribution in [2.45, 2.75) is 56.7 Å². The SMILES string of the molecule is C[C@@]12CC[C@]3(CCO[C@H]4[C@@H]3[C@]1(C)C(=O)N4c1ccc(C#N)c(C(F)(F)F)c1)O2. The van der Waals surface area contributed by atoms with Gasteiger partial charge in [-0.15, -0.1) is 0 Å². The van der Waals surface area contributed by atoms with Gasteiger partial charge in [-0.05, 0) is 44.9 Å². The van der Waals surface area contributed by atoms with Gasteiger partial charge in [0, 0.05) is 12.1 Å². The number of amides is 1. The summed E-state index contributed by atoms with van der Waals surface area (Å²) in [6.45, 7) is 4.18. The second kappa shape index (κ2) is 5.08. The molecule has 1 spiro atoms. The van der Waals surface area contributed by atoms with Crippen molar-refractivity contribution in [3.8, 4) is 6.07 Å². The van der Waals surface area contributed by atoms with Gasteiger partial charge in [0.2, 0.25) is 5.91 Å². The van der Waals surface area contributed by atoms with Crippen molar-refractivity contribution in [2.75, 3.05) is 11.5 Å². The number of anilines is 1. The molecule has 8 heteroatoms. The highest BCUT2D eigenvalue weighted by Crippen LogP contribution is 2.71. The molecular weight excluding hydrogens is 373 g/mol. The number of hydrogen-bond donors (Lipinski definition) is 0. The number of carbonyl (C=O) groups is 1. The Kier molecular flexibility index (Phi) is 3.26. The van der Waals surface area contributed by atoms with E-state index in [2.05, 4.69) is 0 Å². The molecule has 0 aliphatic carbocycles. The van der Waals surface area contributed by atoms with E-state index in [9.17, 15) is 18.0 Å². The first-order valence-electron chi connectivity index (χ1n) is 9.34. The fraction of sp³-hybridized carbons (Fsp3) is 0.600. The second-order valence-corrected chi connectivity index (χ2v) is 8.60. The molecule has 5 atom stereocenters. The van der Waals surface area contributed by atoms with Gasteiger partial charge >= 0.3 is 6.18 Å². The third kappa shape index (κ3) is 1.87. The second-order valence-electron chi connectivity index (χ2n) is 8.60. The van der Waals surface area contributed by atoms with Crippen LogP contribution < -0.4 is 4.90 Å². The van der Waals surface area contributed by atoms with Crippen LogP contribution in [0.5, 0.6) is 0 Å². The Morgan fingerprint density at radius 1 is 1.25 bits per heavy atom. The van der Waals surface area contributed by atoms with Crippen molar-refractivity contribution in [1.82, 2.24) is 0 Å². The van der Waals surface area contributed by atoms with E-state index in [1.54, 1.807) is 6.07 Å². The van der Waals surface area contributed by atoms with Crippen LogP contribution in [0.25, 0.3) is 0 Å². The van der Waals surface area contributed by atoms with E-state index in [0.29, 0.717) is 13.0 Å². The standard InChI is InChI=1S/C20H19F3N2O3/c1-17-5-6-19(28-17)7-8-27-15-14(19)18(17,2)16(26)25(15)12-4-3-11(10-24)13(9-12)20(21,22)23/h3-4,9,14-15H,5-8H2,1-2H3/t14-,15+,17-,18-,19-/m1/s1. The molecule has 1 aromatic rings. The zero-order valence-corrected chi connectivity index (χ0v) is 15.5. The lowest BCUT2D eigenvalue weighted by Crippen LogP contribution is -2.53. The van der Waals surface area contributed by atoms with Crippen molar-refractivity contribution >= 4 is 11.6 Å². The first-order chi connectivity index (χ1) is 13.1. The van der Waals surface area contributed by atoms with Gasteiger partial charge in [0.15, 0.2) is 0 Å². The van der Waals surface area contributed by atoms with Crippen LogP contribution in [-0.4, -0.2) is 29.9 Å². The Hall–Kier alpha value is -2.11. The summed E-state index contributed by atoms with van der Waals surface area (Å²) in [6, 6.07) is 4.97. The number of halogens is 3. The van der Waals surface area contributed by atoms with E-state index in [4.69, 9.17) is 14.7 Å². The molecule has 28 heavy (non-hydrogen) atoms. The number of hydrogen-bond acceptors (Lipinski definition) is 4. The van der Waals surface area contributed by atoms with Gasteiger partial charge in [-0.3, -0.25) is 9.69 Å². The number of benzene rings is 1. The summed E-state index contributed by atoms with van der Waals surface area (Å²) >= 11 is 0. The molecule has 4 aliphatic rings. The van der Waals surface area contributed by atoms with Gasteiger partial charge in [-0.2, -0.15) is 18.4 Å². The van der Waals surface area contributed by atoms with Crippen LogP contribution in [0.4, 0.5) is 18.9 Å². The molecule has 148 valence electrons. The highest BCUT2D eigenvalue weighted by molar-refractivity contribution is 6.02. The largest absolute Gasteiger partial charge is 0.417 e. The number of ether oxygens (including phenoxy) is 2. The molecule has 1 aromatic carbocycles. The minimum atomic E-state index is -4.69. The van der Waals surface area contributed by atoms with Crippen LogP contribution >= 0.6 is 0 Å². The van der Waals surface area contributed by atoms with Crippen LogP contribution in [0.1, 0.15) is 44.2 Å². The van der Waals surface area contributed by atoms with Crippen molar-refractivity contribution in [3.63, 3.8) is 0 Å². The minimum Gasteiger partial charge on any atom is -0.367 e. The van der Waals surface area contributed by atoms with Gasteiger partial charge in [0.1, 0.15) is 6.23 Å². The molecule has 0 unspecified atom stereocenters. The maximum Gasteiger partial charge on any atom is 0.417 e. The number of fused-ring (bicyclic) bond motifs is 2. The highest BCUT2D eigenvalue weighted by atomic mass is 19.4. The molecule has 4 heterocycles. The van der Waals surface area contributed by atoms with Crippen LogP contribution in [0.2, 0.25) is 0 Å². The van der Waals surface area contributed by atoms with E-state index in [-0.39, 0.29) is 17.5 Å². The van der Waals surface area contributed by atoms with Gasteiger partial charge in [-0.25, -0.2) is 0 Å². The quantitative estimate of drug-likeness (QED) is 0.733. The summed E-state index contributed by atoms with van der Waals surface area (Å²) in [5.74, 6) is -0.503. The molecule has 4 fully saturated rings. The number of nitriles is 1. The van der Waals surface area contributed by atoms with Gasteiger partial charge in [0.25, 0.3) is 0 Å². The predicted octanol–water partition coefficient (Wildman–Crippen LogP) is 3.61. The van der Waals surface area contributed by atoms with Gasteiger partial charge in [0.05, 0.1) is 46.3 Å². The molecule has 0 radical (unpaired) electrons. The zero-order chi connectivity index (χ0) is 20.1. The molecule has 0 saturated carbocycles. The van der Waals surface area contributed by atoms with Crippen molar-refractivity contribution in [2.24, 2.45) is 11.3 Å². The first-order valence-corrected chi connectivity index (χ1v) is 9.34. The van der Waals surface area contributed by atoms with Gasteiger partial charge in [-0.1, -0.05) is 0 Å². The fourth-order valence-electron chi connectivity index (χ4n) is 5.99. The summed E-state index contributed by atoms with van der Waals surface area (Å²) in [7, 11) is 0. The Labute approximate surface area is 160 Å². The Bertz CT molecular complexity index is 938. The number of carbonyl (C=O) groups excluding carboxylic acids is 1. The minimum absolute atomic E-state index is 0.108. The van der Waals surface area contributed by atoms with Crippen LogP contribution in [0.3, 0.4) is 0 Å². The average molecular weight is 392 g/mol. The fourth-order valence-corrected chi connectivity index (χ4v) is 5.99. The molecule has 5 nitrogen and oxygen atoms in total. The van der Waals surface area contributed by atoms with E-state index < -0.39 is 40.1 Å². The summed E-state index contributed by atoms with van der Waals surface area (Å²) in [5.41, 5.74) is -3.38. The number of rotatable bonds is 1. The van der Waals surface area contributed by atoms with Crippen LogP contribution in [-0.2, 0) is 20.4 Å². The maximum absolute atomic E-state index is 13.6. The van der Waals surface area contributed by atoms with Crippen LogP contribution in [0.15, 0.2) is 18.2 Å². The van der Waals surface area contributed by atoms with E-state index >= 15 is 0 Å². The smallest absolute Gasteiger partial charge is 0.367 e. The molecule has 1 amide bonds. The molecule has 0 N–H and O–H groups in total. The molecular formula is C20H19F3N2O3. The van der Waals surface area contributed by atoms with E-state index in [0.717, 1.165) is 25.0 Å². The first kappa shape index (κ1) is 18.0. The summed E-state index contributed by atoms with van der Waals surface area (Å²) in [6.07, 6.45) is -3.10. The number of nitrogens with zero attached hydrogens (tertiary/aromatic N) is 2. The lowest BCUT2D eigenvalue weighted by atomic mass is 9.57.